The molecule has 0 radical (unpaired) electrons. The van der Waals surface area contributed by atoms with Crippen LogP contribution in [0.5, 0.6) is 5.88 Å². The zero-order chi connectivity index (χ0) is 16.3. The molecule has 6 nitrogen and oxygen atoms in total. The van der Waals surface area contributed by atoms with E-state index in [1.54, 1.807) is 0 Å². The van der Waals surface area contributed by atoms with Crippen LogP contribution in [0.4, 0.5) is 13.2 Å². The van der Waals surface area contributed by atoms with Crippen LogP contribution in [0.25, 0.3) is 0 Å². The number of pyridine rings is 1. The lowest BCUT2D eigenvalue weighted by Crippen LogP contribution is -2.32. The van der Waals surface area contributed by atoms with Gasteiger partial charge >= 0.3 is 6.18 Å². The average Bonchev–Trinajstić information content (AvgIpc) is 2.94. The Hall–Kier alpha value is -2.32. The summed E-state index contributed by atoms with van der Waals surface area (Å²) in [5.74, 6) is -1.86. The fourth-order valence-corrected chi connectivity index (χ4v) is 2.17. The molecule has 0 spiro atoms. The third-order valence-electron chi connectivity index (χ3n) is 3.25. The largest absolute Gasteiger partial charge is 0.467 e. The van der Waals surface area contributed by atoms with E-state index in [0.717, 1.165) is 0 Å². The van der Waals surface area contributed by atoms with Gasteiger partial charge in [0.15, 0.2) is 6.61 Å². The standard InChI is InChI=1S/C13H14F3N3O3/c14-13(15,16)7-22-11-9(2-1-4-18-11)12(21)19-5-3-8(6-19)10(17)20/h1-2,4,8H,3,5-7H2,(H2,17,20). The van der Waals surface area contributed by atoms with Crippen LogP contribution in [-0.4, -0.2) is 47.6 Å². The van der Waals surface area contributed by atoms with E-state index in [2.05, 4.69) is 9.72 Å². The highest BCUT2D eigenvalue weighted by Crippen LogP contribution is 2.24. The Balaban J connectivity index is 2.12. The van der Waals surface area contributed by atoms with Gasteiger partial charge in [0.05, 0.1) is 5.92 Å². The molecule has 2 rings (SSSR count). The minimum absolute atomic E-state index is 0.0723. The smallest absolute Gasteiger partial charge is 0.422 e. The van der Waals surface area contributed by atoms with E-state index in [-0.39, 0.29) is 18.0 Å². The van der Waals surface area contributed by atoms with E-state index in [1.807, 2.05) is 0 Å². The summed E-state index contributed by atoms with van der Waals surface area (Å²) >= 11 is 0. The number of hydrogen-bond acceptors (Lipinski definition) is 4. The van der Waals surface area contributed by atoms with Crippen LogP contribution >= 0.6 is 0 Å². The zero-order valence-corrected chi connectivity index (χ0v) is 11.5. The predicted octanol–water partition coefficient (Wildman–Crippen LogP) is 0.970. The summed E-state index contributed by atoms with van der Waals surface area (Å²) in [5, 5.41) is 0. The number of carbonyl (C=O) groups is 2. The number of hydrogen-bond donors (Lipinski definition) is 1. The first-order chi connectivity index (χ1) is 10.3. The van der Waals surface area contributed by atoms with Crippen molar-refractivity contribution in [2.24, 2.45) is 11.7 Å². The molecule has 0 saturated carbocycles. The zero-order valence-electron chi connectivity index (χ0n) is 11.5. The van der Waals surface area contributed by atoms with E-state index in [9.17, 15) is 22.8 Å². The summed E-state index contributed by atoms with van der Waals surface area (Å²) in [6.07, 6.45) is -2.86. The van der Waals surface area contributed by atoms with Crippen molar-refractivity contribution in [3.63, 3.8) is 0 Å². The Morgan fingerprint density at radius 2 is 2.18 bits per heavy atom. The molecule has 1 atom stereocenters. The molecule has 1 aliphatic heterocycles. The van der Waals surface area contributed by atoms with Gasteiger partial charge in [0, 0.05) is 19.3 Å². The summed E-state index contributed by atoms with van der Waals surface area (Å²) in [7, 11) is 0. The minimum atomic E-state index is -4.53. The van der Waals surface area contributed by atoms with Crippen molar-refractivity contribution >= 4 is 11.8 Å². The Bertz CT molecular complexity index is 577. The van der Waals surface area contributed by atoms with Crippen LogP contribution in [0, 0.1) is 5.92 Å². The second kappa shape index (κ2) is 6.20. The molecule has 1 aliphatic rings. The molecule has 2 heterocycles. The lowest BCUT2D eigenvalue weighted by atomic mass is 10.1. The first kappa shape index (κ1) is 16.1. The highest BCUT2D eigenvalue weighted by atomic mass is 19.4. The average molecular weight is 317 g/mol. The highest BCUT2D eigenvalue weighted by molar-refractivity contribution is 5.97. The maximum absolute atomic E-state index is 12.3. The van der Waals surface area contributed by atoms with Gasteiger partial charge < -0.3 is 15.4 Å². The SMILES string of the molecule is NC(=O)C1CCN(C(=O)c2cccnc2OCC(F)(F)F)C1. The molecule has 2 amide bonds. The van der Waals surface area contributed by atoms with Gasteiger partial charge in [-0.25, -0.2) is 4.98 Å². The lowest BCUT2D eigenvalue weighted by molar-refractivity contribution is -0.154. The van der Waals surface area contributed by atoms with Crippen molar-refractivity contribution in [2.75, 3.05) is 19.7 Å². The number of primary amides is 1. The summed E-state index contributed by atoms with van der Waals surface area (Å²) in [6.45, 7) is -1.09. The van der Waals surface area contributed by atoms with Gasteiger partial charge in [-0.05, 0) is 18.6 Å². The molecule has 1 aromatic heterocycles. The van der Waals surface area contributed by atoms with Crippen molar-refractivity contribution in [1.29, 1.82) is 0 Å². The van der Waals surface area contributed by atoms with Gasteiger partial charge in [-0.3, -0.25) is 9.59 Å². The van der Waals surface area contributed by atoms with Crippen LogP contribution in [-0.2, 0) is 4.79 Å². The third-order valence-corrected chi connectivity index (χ3v) is 3.25. The number of alkyl halides is 3. The van der Waals surface area contributed by atoms with Crippen molar-refractivity contribution < 1.29 is 27.5 Å². The van der Waals surface area contributed by atoms with Crippen molar-refractivity contribution in [3.8, 4) is 5.88 Å². The summed E-state index contributed by atoms with van der Waals surface area (Å²) in [6, 6.07) is 2.76. The van der Waals surface area contributed by atoms with Crippen LogP contribution < -0.4 is 10.5 Å². The van der Waals surface area contributed by atoms with Gasteiger partial charge in [0.1, 0.15) is 5.56 Å². The summed E-state index contributed by atoms with van der Waals surface area (Å²) in [4.78, 5) is 28.5. The summed E-state index contributed by atoms with van der Waals surface area (Å²) < 4.78 is 41.2. The van der Waals surface area contributed by atoms with Gasteiger partial charge in [-0.1, -0.05) is 0 Å². The Labute approximate surface area is 124 Å². The van der Waals surface area contributed by atoms with Gasteiger partial charge in [-0.15, -0.1) is 0 Å². The second-order valence-corrected chi connectivity index (χ2v) is 4.90. The molecule has 9 heteroatoms. The molecule has 22 heavy (non-hydrogen) atoms. The Kier molecular flexibility index (Phi) is 4.53. The van der Waals surface area contributed by atoms with Crippen LogP contribution in [0.1, 0.15) is 16.8 Å². The fraction of sp³-hybridized carbons (Fsp3) is 0.462. The molecular weight excluding hydrogens is 303 g/mol. The van der Waals surface area contributed by atoms with E-state index in [1.165, 1.54) is 23.2 Å². The van der Waals surface area contributed by atoms with Crippen molar-refractivity contribution in [1.82, 2.24) is 9.88 Å². The minimum Gasteiger partial charge on any atom is -0.467 e. The van der Waals surface area contributed by atoms with Gasteiger partial charge in [0.25, 0.3) is 5.91 Å². The number of rotatable bonds is 4. The molecule has 1 aromatic rings. The van der Waals surface area contributed by atoms with Gasteiger partial charge in [-0.2, -0.15) is 13.2 Å². The molecular formula is C13H14F3N3O3. The number of carbonyl (C=O) groups excluding carboxylic acids is 2. The molecule has 0 bridgehead atoms. The van der Waals surface area contributed by atoms with Crippen LogP contribution in [0.15, 0.2) is 18.3 Å². The number of aromatic nitrogens is 1. The normalized spacial score (nSPS) is 18.3. The quantitative estimate of drug-likeness (QED) is 0.896. The maximum Gasteiger partial charge on any atom is 0.422 e. The van der Waals surface area contributed by atoms with Crippen molar-refractivity contribution in [2.45, 2.75) is 12.6 Å². The van der Waals surface area contributed by atoms with Crippen LogP contribution in [0.3, 0.4) is 0 Å². The Morgan fingerprint density at radius 3 is 2.77 bits per heavy atom. The molecule has 120 valence electrons. The topological polar surface area (TPSA) is 85.5 Å². The molecule has 1 fully saturated rings. The first-order valence-corrected chi connectivity index (χ1v) is 6.51. The van der Waals surface area contributed by atoms with E-state index < -0.39 is 30.5 Å². The maximum atomic E-state index is 12.3. The predicted molar refractivity (Wildman–Crippen MR) is 69.0 cm³/mol. The lowest BCUT2D eigenvalue weighted by Gasteiger charge is -2.18. The number of halogens is 3. The molecule has 1 saturated heterocycles. The van der Waals surface area contributed by atoms with Crippen LogP contribution in [0.2, 0.25) is 0 Å². The highest BCUT2D eigenvalue weighted by Gasteiger charge is 2.33. The molecule has 0 aromatic carbocycles. The molecule has 1 unspecified atom stereocenters. The third kappa shape index (κ3) is 3.86. The van der Waals surface area contributed by atoms with Gasteiger partial charge in [0.2, 0.25) is 11.8 Å². The number of nitrogens with two attached hydrogens (primary N) is 1. The number of nitrogens with zero attached hydrogens (tertiary/aromatic N) is 2. The number of ether oxygens (including phenoxy) is 1. The number of amides is 2. The van der Waals surface area contributed by atoms with Crippen molar-refractivity contribution in [3.05, 3.63) is 23.9 Å². The Morgan fingerprint density at radius 1 is 1.45 bits per heavy atom. The number of likely N-dealkylation sites (tertiary alicyclic amines) is 1. The second-order valence-electron chi connectivity index (χ2n) is 4.90. The molecule has 0 aliphatic carbocycles. The van der Waals surface area contributed by atoms with E-state index in [4.69, 9.17) is 5.73 Å². The molecule has 2 N–H and O–H groups in total. The van der Waals surface area contributed by atoms with E-state index in [0.29, 0.717) is 13.0 Å². The fourth-order valence-electron chi connectivity index (χ4n) is 2.17. The first-order valence-electron chi connectivity index (χ1n) is 6.51. The van der Waals surface area contributed by atoms with E-state index >= 15 is 0 Å². The summed E-state index contributed by atoms with van der Waals surface area (Å²) in [5.41, 5.74) is 5.11. The monoisotopic (exact) mass is 317 g/mol.